The maximum absolute atomic E-state index is 4.00. The van der Waals surface area contributed by atoms with Gasteiger partial charge >= 0.3 is 0 Å². The van der Waals surface area contributed by atoms with Crippen LogP contribution in [0, 0.1) is 5.92 Å². The summed E-state index contributed by atoms with van der Waals surface area (Å²) in [6.45, 7) is 9.80. The molecule has 0 aliphatic heterocycles. The summed E-state index contributed by atoms with van der Waals surface area (Å²) in [7, 11) is 0. The topological polar surface area (TPSA) is 12.4 Å². The van der Waals surface area contributed by atoms with Crippen LogP contribution in [0.5, 0.6) is 0 Å². The zero-order chi connectivity index (χ0) is 6.57. The number of aliphatic imine (C=N–C) groups is 1. The highest BCUT2D eigenvalue weighted by atomic mass is 14.7. The predicted molar refractivity (Wildman–Crippen MR) is 38.1 cm³/mol. The van der Waals surface area contributed by atoms with Gasteiger partial charge in [0.15, 0.2) is 0 Å². The third-order valence-electron chi connectivity index (χ3n) is 0.961. The molecule has 0 rings (SSSR count). The van der Waals surface area contributed by atoms with Crippen LogP contribution in [0.4, 0.5) is 0 Å². The molecule has 0 saturated heterocycles. The summed E-state index contributed by atoms with van der Waals surface area (Å²) in [5.41, 5.74) is 0.951. The van der Waals surface area contributed by atoms with E-state index in [1.807, 2.05) is 6.92 Å². The van der Waals surface area contributed by atoms with Crippen LogP contribution >= 0.6 is 0 Å². The summed E-state index contributed by atoms with van der Waals surface area (Å²) >= 11 is 0. The van der Waals surface area contributed by atoms with E-state index in [1.54, 1.807) is 6.21 Å². The molecule has 0 saturated carbocycles. The lowest BCUT2D eigenvalue weighted by Gasteiger charge is -1.99. The molecule has 0 amide bonds. The molecule has 0 aromatic heterocycles. The second-order valence-electron chi connectivity index (χ2n) is 2.03. The van der Waals surface area contributed by atoms with Crippen LogP contribution < -0.4 is 0 Å². The molecule has 0 aliphatic rings. The number of hydrogen-bond acceptors (Lipinski definition) is 1. The molecule has 0 spiro atoms. The van der Waals surface area contributed by atoms with Crippen LogP contribution in [0.3, 0.4) is 0 Å². The highest BCUT2D eigenvalue weighted by molar-refractivity contribution is 5.55. The lowest BCUT2D eigenvalue weighted by Crippen LogP contribution is -1.87. The third kappa shape index (κ3) is 2.56. The number of rotatable bonds is 2. The van der Waals surface area contributed by atoms with Gasteiger partial charge in [0.2, 0.25) is 0 Å². The van der Waals surface area contributed by atoms with E-state index in [1.165, 1.54) is 0 Å². The molecule has 0 aromatic rings. The van der Waals surface area contributed by atoms with Gasteiger partial charge in [0, 0.05) is 11.9 Å². The maximum Gasteiger partial charge on any atom is 0.0353 e. The minimum atomic E-state index is 0.478. The van der Waals surface area contributed by atoms with Crippen molar-refractivity contribution in [3.8, 4) is 0 Å². The van der Waals surface area contributed by atoms with Gasteiger partial charge in [-0.3, -0.25) is 4.99 Å². The number of allylic oxidation sites excluding steroid dienone is 1. The first-order valence-corrected chi connectivity index (χ1v) is 2.86. The van der Waals surface area contributed by atoms with Crippen molar-refractivity contribution in [3.63, 3.8) is 0 Å². The highest BCUT2D eigenvalue weighted by Gasteiger charge is 1.93. The monoisotopic (exact) mass is 111 g/mol. The first-order chi connectivity index (χ1) is 3.68. The summed E-state index contributed by atoms with van der Waals surface area (Å²) in [6.07, 6.45) is 1.77. The summed E-state index contributed by atoms with van der Waals surface area (Å²) in [6, 6.07) is 0. The summed E-state index contributed by atoms with van der Waals surface area (Å²) in [5, 5.41) is 0. The summed E-state index contributed by atoms with van der Waals surface area (Å²) in [4.78, 5) is 4.00. The second kappa shape index (κ2) is 3.42. The zero-order valence-electron chi connectivity index (χ0n) is 5.81. The standard InChI is InChI=1S/C7H13N/c1-5-8-7(4)6(2)3/h5-6H,4H2,1-3H3/b8-5-. The molecule has 1 nitrogen and oxygen atoms in total. The molecule has 0 atom stereocenters. The summed E-state index contributed by atoms with van der Waals surface area (Å²) in [5.74, 6) is 0.478. The molecule has 0 unspecified atom stereocenters. The van der Waals surface area contributed by atoms with Gasteiger partial charge in [0.25, 0.3) is 0 Å². The van der Waals surface area contributed by atoms with Gasteiger partial charge < -0.3 is 0 Å². The lowest BCUT2D eigenvalue weighted by atomic mass is 10.2. The van der Waals surface area contributed by atoms with Crippen LogP contribution in [0.1, 0.15) is 20.8 Å². The first-order valence-electron chi connectivity index (χ1n) is 2.86. The molecular weight excluding hydrogens is 98.1 g/mol. The van der Waals surface area contributed by atoms with Crippen molar-refractivity contribution >= 4 is 6.21 Å². The van der Waals surface area contributed by atoms with Gasteiger partial charge in [-0.1, -0.05) is 20.4 Å². The zero-order valence-corrected chi connectivity index (χ0v) is 5.81. The van der Waals surface area contributed by atoms with Crippen molar-refractivity contribution < 1.29 is 0 Å². The van der Waals surface area contributed by atoms with E-state index in [-0.39, 0.29) is 0 Å². The fraction of sp³-hybridized carbons (Fsp3) is 0.571. The van der Waals surface area contributed by atoms with Gasteiger partial charge in [-0.2, -0.15) is 0 Å². The second-order valence-corrected chi connectivity index (χ2v) is 2.03. The van der Waals surface area contributed by atoms with Crippen LogP contribution in [0.15, 0.2) is 17.3 Å². The molecule has 1 heteroatoms. The van der Waals surface area contributed by atoms with E-state index in [2.05, 4.69) is 25.4 Å². The highest BCUT2D eigenvalue weighted by Crippen LogP contribution is 2.05. The van der Waals surface area contributed by atoms with Crippen molar-refractivity contribution in [1.82, 2.24) is 0 Å². The molecule has 0 fully saturated rings. The van der Waals surface area contributed by atoms with Crippen molar-refractivity contribution in [3.05, 3.63) is 12.3 Å². The van der Waals surface area contributed by atoms with E-state index in [4.69, 9.17) is 0 Å². The minimum Gasteiger partial charge on any atom is -0.266 e. The van der Waals surface area contributed by atoms with Gasteiger partial charge in [-0.25, -0.2) is 0 Å². The Balaban J connectivity index is 3.66. The smallest absolute Gasteiger partial charge is 0.0353 e. The molecule has 0 radical (unpaired) electrons. The molecule has 0 aliphatic carbocycles. The van der Waals surface area contributed by atoms with Crippen molar-refractivity contribution in [2.24, 2.45) is 10.9 Å². The van der Waals surface area contributed by atoms with Gasteiger partial charge in [-0.05, 0) is 12.8 Å². The average molecular weight is 111 g/mol. The predicted octanol–water partition coefficient (Wildman–Crippen LogP) is 2.25. The third-order valence-corrected chi connectivity index (χ3v) is 0.961. The van der Waals surface area contributed by atoms with Crippen molar-refractivity contribution in [1.29, 1.82) is 0 Å². The van der Waals surface area contributed by atoms with Gasteiger partial charge in [0.1, 0.15) is 0 Å². The van der Waals surface area contributed by atoms with Gasteiger partial charge in [-0.15, -0.1) is 0 Å². The molecule has 0 aromatic carbocycles. The Morgan fingerprint density at radius 3 is 2.25 bits per heavy atom. The normalized spacial score (nSPS) is 11.0. The van der Waals surface area contributed by atoms with E-state index < -0.39 is 0 Å². The fourth-order valence-corrected chi connectivity index (χ4v) is 0.315. The largest absolute Gasteiger partial charge is 0.266 e. The van der Waals surface area contributed by atoms with Crippen LogP contribution in [-0.2, 0) is 0 Å². The Hall–Kier alpha value is -0.590. The summed E-state index contributed by atoms with van der Waals surface area (Å²) < 4.78 is 0. The van der Waals surface area contributed by atoms with Crippen molar-refractivity contribution in [2.45, 2.75) is 20.8 Å². The molecular formula is C7H13N. The average Bonchev–Trinajstić information content (AvgIpc) is 1.67. The number of hydrogen-bond donors (Lipinski definition) is 0. The van der Waals surface area contributed by atoms with Crippen molar-refractivity contribution in [2.75, 3.05) is 0 Å². The minimum absolute atomic E-state index is 0.478. The Bertz CT molecular complexity index is 101. The molecule has 0 heterocycles. The van der Waals surface area contributed by atoms with E-state index in [0.29, 0.717) is 5.92 Å². The molecule has 0 bridgehead atoms. The Labute approximate surface area is 51.1 Å². The van der Waals surface area contributed by atoms with Crippen LogP contribution in [0.2, 0.25) is 0 Å². The SMILES string of the molecule is C=C(/N=C\C)C(C)C. The lowest BCUT2D eigenvalue weighted by molar-refractivity contribution is 0.763. The number of nitrogens with zero attached hydrogens (tertiary/aromatic N) is 1. The van der Waals surface area contributed by atoms with Crippen LogP contribution in [-0.4, -0.2) is 6.21 Å². The van der Waals surface area contributed by atoms with E-state index in [0.717, 1.165) is 5.70 Å². The quantitative estimate of drug-likeness (QED) is 0.484. The molecule has 46 valence electrons. The molecule has 0 N–H and O–H groups in total. The van der Waals surface area contributed by atoms with E-state index >= 15 is 0 Å². The van der Waals surface area contributed by atoms with Gasteiger partial charge in [0.05, 0.1) is 0 Å². The maximum atomic E-state index is 4.00. The fourth-order valence-electron chi connectivity index (χ4n) is 0.315. The Morgan fingerprint density at radius 1 is 1.62 bits per heavy atom. The Morgan fingerprint density at radius 2 is 2.12 bits per heavy atom. The van der Waals surface area contributed by atoms with Crippen LogP contribution in [0.25, 0.3) is 0 Å². The van der Waals surface area contributed by atoms with E-state index in [9.17, 15) is 0 Å². The first kappa shape index (κ1) is 7.41. The Kier molecular flexibility index (Phi) is 3.16. The molecule has 8 heavy (non-hydrogen) atoms.